The van der Waals surface area contributed by atoms with Gasteiger partial charge in [0.15, 0.2) is 0 Å². The van der Waals surface area contributed by atoms with Crippen LogP contribution in [-0.4, -0.2) is 36.0 Å². The van der Waals surface area contributed by atoms with Gasteiger partial charge in [0.2, 0.25) is 0 Å². The average molecular weight is 341 g/mol. The minimum absolute atomic E-state index is 0.109. The highest BCUT2D eigenvalue weighted by molar-refractivity contribution is 9.10. The van der Waals surface area contributed by atoms with Crippen LogP contribution in [0.25, 0.3) is 0 Å². The molecular formula is C15H18BrFN2O. The first-order valence-electron chi connectivity index (χ1n) is 7.03. The summed E-state index contributed by atoms with van der Waals surface area (Å²) < 4.78 is 14.0. The second-order valence-corrected chi connectivity index (χ2v) is 6.66. The molecule has 1 aromatic rings. The third-order valence-corrected chi connectivity index (χ3v) is 5.17. The van der Waals surface area contributed by atoms with Gasteiger partial charge in [0.1, 0.15) is 5.82 Å². The van der Waals surface area contributed by atoms with E-state index >= 15 is 0 Å². The zero-order valence-corrected chi connectivity index (χ0v) is 13.0. The van der Waals surface area contributed by atoms with Gasteiger partial charge in [-0.1, -0.05) is 0 Å². The number of carbonyl (C=O) groups is 1. The van der Waals surface area contributed by atoms with Crippen LogP contribution in [-0.2, 0) is 0 Å². The van der Waals surface area contributed by atoms with Crippen LogP contribution < -0.4 is 5.32 Å². The Balaban J connectivity index is 1.78. The maximum Gasteiger partial charge on any atom is 0.255 e. The lowest BCUT2D eigenvalue weighted by molar-refractivity contribution is 0.0680. The highest BCUT2D eigenvalue weighted by Gasteiger charge is 2.36. The predicted molar refractivity (Wildman–Crippen MR) is 79.2 cm³/mol. The molecule has 0 radical (unpaired) electrons. The molecule has 2 heterocycles. The molecule has 108 valence electrons. The second-order valence-electron chi connectivity index (χ2n) is 5.80. The van der Waals surface area contributed by atoms with E-state index in [0.29, 0.717) is 22.1 Å². The van der Waals surface area contributed by atoms with Crippen LogP contribution in [0.2, 0.25) is 0 Å². The van der Waals surface area contributed by atoms with Gasteiger partial charge in [0, 0.05) is 29.6 Å². The summed E-state index contributed by atoms with van der Waals surface area (Å²) in [6, 6.07) is 5.55. The molecule has 3 rings (SSSR count). The van der Waals surface area contributed by atoms with E-state index in [9.17, 15) is 9.18 Å². The minimum atomic E-state index is -0.379. The van der Waals surface area contributed by atoms with Gasteiger partial charge < -0.3 is 10.2 Å². The molecule has 0 aromatic heterocycles. The Morgan fingerprint density at radius 3 is 2.65 bits per heavy atom. The molecule has 2 saturated heterocycles. The van der Waals surface area contributed by atoms with Gasteiger partial charge >= 0.3 is 0 Å². The number of rotatable bonds is 2. The highest BCUT2D eigenvalue weighted by atomic mass is 79.9. The summed E-state index contributed by atoms with van der Waals surface area (Å²) in [4.78, 5) is 14.3. The standard InChI is InChI=1S/C15H18BrFN2O/c1-19(12-7-10-3-4-11(8-12)18-10)15(20)13-6-9(17)2-5-14(13)16/h2,5-6,10-12,18H,3-4,7-8H2,1H3. The molecule has 2 atom stereocenters. The first-order valence-corrected chi connectivity index (χ1v) is 7.82. The molecule has 2 fully saturated rings. The summed E-state index contributed by atoms with van der Waals surface area (Å²) in [6.45, 7) is 0. The number of fused-ring (bicyclic) bond motifs is 2. The molecule has 2 aliphatic rings. The molecule has 1 amide bonds. The molecule has 1 aromatic carbocycles. The lowest BCUT2D eigenvalue weighted by atomic mass is 9.98. The zero-order valence-electron chi connectivity index (χ0n) is 11.4. The number of nitrogens with zero attached hydrogens (tertiary/aromatic N) is 1. The van der Waals surface area contributed by atoms with E-state index in [4.69, 9.17) is 0 Å². The summed E-state index contributed by atoms with van der Waals surface area (Å²) in [7, 11) is 1.83. The molecule has 1 N–H and O–H groups in total. The van der Waals surface area contributed by atoms with Crippen LogP contribution in [0.15, 0.2) is 22.7 Å². The van der Waals surface area contributed by atoms with Gasteiger partial charge in [-0.2, -0.15) is 0 Å². The first kappa shape index (κ1) is 14.0. The maximum atomic E-state index is 13.3. The van der Waals surface area contributed by atoms with Crippen LogP contribution in [0.3, 0.4) is 0 Å². The lowest BCUT2D eigenvalue weighted by Crippen LogP contribution is -2.48. The largest absolute Gasteiger partial charge is 0.339 e. The van der Waals surface area contributed by atoms with Crippen molar-refractivity contribution in [1.29, 1.82) is 0 Å². The van der Waals surface area contributed by atoms with E-state index in [1.807, 2.05) is 7.05 Å². The third-order valence-electron chi connectivity index (χ3n) is 4.48. The molecule has 0 saturated carbocycles. The van der Waals surface area contributed by atoms with Crippen molar-refractivity contribution in [3.63, 3.8) is 0 Å². The third kappa shape index (κ3) is 2.61. The number of hydrogen-bond donors (Lipinski definition) is 1. The number of hydrogen-bond acceptors (Lipinski definition) is 2. The van der Waals surface area contributed by atoms with Crippen LogP contribution in [0.1, 0.15) is 36.0 Å². The van der Waals surface area contributed by atoms with Crippen molar-refractivity contribution in [2.45, 2.75) is 43.8 Å². The maximum absolute atomic E-state index is 13.3. The van der Waals surface area contributed by atoms with Crippen molar-refractivity contribution in [2.75, 3.05) is 7.05 Å². The predicted octanol–water partition coefficient (Wildman–Crippen LogP) is 2.94. The van der Waals surface area contributed by atoms with E-state index in [1.165, 1.54) is 25.0 Å². The highest BCUT2D eigenvalue weighted by Crippen LogP contribution is 2.30. The molecule has 2 unspecified atom stereocenters. The Morgan fingerprint density at radius 1 is 1.35 bits per heavy atom. The molecule has 2 bridgehead atoms. The van der Waals surface area contributed by atoms with Crippen LogP contribution in [0, 0.1) is 5.82 Å². The van der Waals surface area contributed by atoms with Gasteiger partial charge in [-0.15, -0.1) is 0 Å². The quantitative estimate of drug-likeness (QED) is 0.897. The number of nitrogens with one attached hydrogen (secondary N) is 1. The fourth-order valence-corrected chi connectivity index (χ4v) is 3.78. The molecule has 0 aliphatic carbocycles. The summed E-state index contributed by atoms with van der Waals surface area (Å²) in [5.74, 6) is -0.488. The summed E-state index contributed by atoms with van der Waals surface area (Å²) >= 11 is 3.33. The van der Waals surface area contributed by atoms with Gasteiger partial charge in [0.05, 0.1) is 5.56 Å². The Bertz CT molecular complexity index is 525. The van der Waals surface area contributed by atoms with Crippen molar-refractivity contribution in [3.8, 4) is 0 Å². The minimum Gasteiger partial charge on any atom is -0.339 e. The van der Waals surface area contributed by atoms with Crippen LogP contribution in [0.4, 0.5) is 4.39 Å². The van der Waals surface area contributed by atoms with Crippen LogP contribution >= 0.6 is 15.9 Å². The number of benzene rings is 1. The Morgan fingerprint density at radius 2 is 2.00 bits per heavy atom. The van der Waals surface area contributed by atoms with Gasteiger partial charge in [-0.05, 0) is 59.8 Å². The van der Waals surface area contributed by atoms with E-state index in [2.05, 4.69) is 21.2 Å². The fraction of sp³-hybridized carbons (Fsp3) is 0.533. The van der Waals surface area contributed by atoms with Gasteiger partial charge in [-0.25, -0.2) is 4.39 Å². The van der Waals surface area contributed by atoms with Crippen molar-refractivity contribution in [2.24, 2.45) is 0 Å². The number of amides is 1. The summed E-state index contributed by atoms with van der Waals surface area (Å²) in [5.41, 5.74) is 0.401. The first-order chi connectivity index (χ1) is 9.54. The summed E-state index contributed by atoms with van der Waals surface area (Å²) in [6.07, 6.45) is 4.39. The monoisotopic (exact) mass is 340 g/mol. The van der Waals surface area contributed by atoms with Gasteiger partial charge in [0.25, 0.3) is 5.91 Å². The Labute approximate surface area is 126 Å². The Kier molecular flexibility index (Phi) is 3.82. The number of carbonyl (C=O) groups excluding carboxylic acids is 1. The normalized spacial score (nSPS) is 28.4. The average Bonchev–Trinajstić information content (AvgIpc) is 2.78. The smallest absolute Gasteiger partial charge is 0.255 e. The fourth-order valence-electron chi connectivity index (χ4n) is 3.36. The van der Waals surface area contributed by atoms with Crippen molar-refractivity contribution in [1.82, 2.24) is 10.2 Å². The van der Waals surface area contributed by atoms with Gasteiger partial charge in [-0.3, -0.25) is 4.79 Å². The van der Waals surface area contributed by atoms with Crippen LogP contribution in [0.5, 0.6) is 0 Å². The van der Waals surface area contributed by atoms with E-state index in [0.717, 1.165) is 12.8 Å². The lowest BCUT2D eigenvalue weighted by Gasteiger charge is -2.35. The van der Waals surface area contributed by atoms with Crippen molar-refractivity contribution >= 4 is 21.8 Å². The molecule has 0 spiro atoms. The summed E-state index contributed by atoms with van der Waals surface area (Å²) in [5, 5.41) is 3.57. The number of piperidine rings is 1. The Hall–Kier alpha value is -0.940. The van der Waals surface area contributed by atoms with Crippen molar-refractivity contribution in [3.05, 3.63) is 34.1 Å². The molecule has 3 nitrogen and oxygen atoms in total. The molecular weight excluding hydrogens is 323 g/mol. The second kappa shape index (κ2) is 5.45. The van der Waals surface area contributed by atoms with E-state index in [-0.39, 0.29) is 17.8 Å². The topological polar surface area (TPSA) is 32.3 Å². The SMILES string of the molecule is CN(C(=O)c1cc(F)ccc1Br)C1CC2CCC(C1)N2. The van der Waals surface area contributed by atoms with E-state index < -0.39 is 0 Å². The molecule has 20 heavy (non-hydrogen) atoms. The zero-order chi connectivity index (χ0) is 14.3. The van der Waals surface area contributed by atoms with Crippen molar-refractivity contribution < 1.29 is 9.18 Å². The van der Waals surface area contributed by atoms with E-state index in [1.54, 1.807) is 11.0 Å². The molecule has 5 heteroatoms. The number of halogens is 2. The molecule has 2 aliphatic heterocycles.